The van der Waals surface area contributed by atoms with Crippen LogP contribution in [0.25, 0.3) is 0 Å². The van der Waals surface area contributed by atoms with E-state index in [1.54, 1.807) is 6.07 Å². The molecule has 1 aliphatic carbocycles. The second-order valence-corrected chi connectivity index (χ2v) is 3.73. The maximum atomic E-state index is 12.8. The van der Waals surface area contributed by atoms with Crippen LogP contribution in [0.3, 0.4) is 0 Å². The molecular weight excluding hydrogens is 175 g/mol. The zero-order valence-corrected chi connectivity index (χ0v) is 7.44. The van der Waals surface area contributed by atoms with Crippen LogP contribution in [0.5, 0.6) is 0 Å². The van der Waals surface area contributed by atoms with Gasteiger partial charge in [0.15, 0.2) is 0 Å². The fourth-order valence-corrected chi connectivity index (χ4v) is 2.07. The quantitative estimate of drug-likeness (QED) is 0.542. The molecular formula is C10H10ClF. The molecule has 1 aromatic carbocycles. The molecule has 0 bridgehead atoms. The van der Waals surface area contributed by atoms with Crippen molar-refractivity contribution in [3.8, 4) is 0 Å². The topological polar surface area (TPSA) is 0 Å². The van der Waals surface area contributed by atoms with Gasteiger partial charge in [0.2, 0.25) is 0 Å². The van der Waals surface area contributed by atoms with Gasteiger partial charge in [-0.25, -0.2) is 4.39 Å². The minimum absolute atomic E-state index is 0.0180. The number of hydrogen-bond donors (Lipinski definition) is 0. The highest BCUT2D eigenvalue weighted by Crippen LogP contribution is 2.34. The maximum absolute atomic E-state index is 12.8. The normalized spacial score (nSPS) is 22.0. The highest BCUT2D eigenvalue weighted by molar-refractivity contribution is 6.21. The summed E-state index contributed by atoms with van der Waals surface area (Å²) < 4.78 is 12.8. The molecule has 0 amide bonds. The van der Waals surface area contributed by atoms with E-state index >= 15 is 0 Å². The minimum atomic E-state index is -0.179. The van der Waals surface area contributed by atoms with Gasteiger partial charge in [-0.3, -0.25) is 0 Å². The molecule has 0 fully saturated rings. The number of aryl methyl sites for hydroxylation is 1. The Kier molecular flexibility index (Phi) is 2.05. The average Bonchev–Trinajstić information content (AvgIpc) is 2.07. The predicted octanol–water partition coefficient (Wildman–Crippen LogP) is 3.44. The van der Waals surface area contributed by atoms with Crippen molar-refractivity contribution in [1.82, 2.24) is 0 Å². The summed E-state index contributed by atoms with van der Waals surface area (Å²) in [4.78, 5) is 0. The van der Waals surface area contributed by atoms with E-state index in [-0.39, 0.29) is 11.2 Å². The van der Waals surface area contributed by atoms with Crippen LogP contribution in [-0.2, 0) is 6.42 Å². The van der Waals surface area contributed by atoms with E-state index in [0.29, 0.717) is 0 Å². The molecule has 0 aliphatic heterocycles. The molecule has 0 N–H and O–H groups in total. The first-order chi connectivity index (χ1) is 5.77. The van der Waals surface area contributed by atoms with E-state index in [1.807, 2.05) is 6.07 Å². The molecule has 2 heteroatoms. The Hall–Kier alpha value is -0.560. The first kappa shape index (κ1) is 8.06. The molecule has 0 spiro atoms. The Morgan fingerprint density at radius 2 is 2.25 bits per heavy atom. The van der Waals surface area contributed by atoms with Crippen LogP contribution in [0.2, 0.25) is 0 Å². The van der Waals surface area contributed by atoms with E-state index in [9.17, 15) is 4.39 Å². The van der Waals surface area contributed by atoms with Crippen molar-refractivity contribution < 1.29 is 4.39 Å². The van der Waals surface area contributed by atoms with Crippen molar-refractivity contribution in [1.29, 1.82) is 0 Å². The SMILES string of the molecule is Fc1ccc2c(c1)[C@@H](Cl)CCC2. The first-order valence-electron chi connectivity index (χ1n) is 4.20. The summed E-state index contributed by atoms with van der Waals surface area (Å²) in [6.07, 6.45) is 3.13. The standard InChI is InChI=1S/C10H10ClF/c11-10-3-1-2-7-4-5-8(12)6-9(7)10/h4-6,10H,1-3H2/t10-/m0/s1. The van der Waals surface area contributed by atoms with E-state index in [4.69, 9.17) is 11.6 Å². The molecule has 1 aromatic rings. The van der Waals surface area contributed by atoms with Crippen molar-refractivity contribution >= 4 is 11.6 Å². The summed E-state index contributed by atoms with van der Waals surface area (Å²) in [5.74, 6) is -0.179. The van der Waals surface area contributed by atoms with E-state index < -0.39 is 0 Å². The molecule has 0 heterocycles. The van der Waals surface area contributed by atoms with Crippen LogP contribution in [-0.4, -0.2) is 0 Å². The molecule has 12 heavy (non-hydrogen) atoms. The zero-order valence-electron chi connectivity index (χ0n) is 6.69. The Morgan fingerprint density at radius 1 is 1.42 bits per heavy atom. The summed E-state index contributed by atoms with van der Waals surface area (Å²) in [6.45, 7) is 0. The van der Waals surface area contributed by atoms with Crippen molar-refractivity contribution in [2.45, 2.75) is 24.6 Å². The van der Waals surface area contributed by atoms with Gasteiger partial charge in [0, 0.05) is 0 Å². The number of alkyl halides is 1. The molecule has 64 valence electrons. The lowest BCUT2D eigenvalue weighted by Crippen LogP contribution is -2.05. The van der Waals surface area contributed by atoms with Gasteiger partial charge >= 0.3 is 0 Å². The van der Waals surface area contributed by atoms with Gasteiger partial charge in [-0.15, -0.1) is 11.6 Å². The van der Waals surface area contributed by atoms with Gasteiger partial charge < -0.3 is 0 Å². The van der Waals surface area contributed by atoms with Gasteiger partial charge in [-0.2, -0.15) is 0 Å². The molecule has 0 radical (unpaired) electrons. The summed E-state index contributed by atoms with van der Waals surface area (Å²) >= 11 is 6.05. The van der Waals surface area contributed by atoms with Gasteiger partial charge in [-0.1, -0.05) is 6.07 Å². The summed E-state index contributed by atoms with van der Waals surface area (Å²) in [7, 11) is 0. The predicted molar refractivity (Wildman–Crippen MR) is 47.9 cm³/mol. The van der Waals surface area contributed by atoms with Crippen LogP contribution in [0.15, 0.2) is 18.2 Å². The second-order valence-electron chi connectivity index (χ2n) is 3.20. The third-order valence-corrected chi connectivity index (χ3v) is 2.80. The van der Waals surface area contributed by atoms with Crippen LogP contribution >= 0.6 is 11.6 Å². The van der Waals surface area contributed by atoms with Crippen molar-refractivity contribution in [3.63, 3.8) is 0 Å². The lowest BCUT2D eigenvalue weighted by Gasteiger charge is -2.20. The maximum Gasteiger partial charge on any atom is 0.123 e. The molecule has 0 aromatic heterocycles. The lowest BCUT2D eigenvalue weighted by molar-refractivity contribution is 0.610. The zero-order chi connectivity index (χ0) is 8.55. The molecule has 1 aliphatic rings. The third kappa shape index (κ3) is 1.34. The summed E-state index contributed by atoms with van der Waals surface area (Å²) in [5, 5.41) is 0.0180. The Labute approximate surface area is 76.4 Å². The summed E-state index contributed by atoms with van der Waals surface area (Å²) in [5.41, 5.74) is 2.20. The molecule has 1 atom stereocenters. The molecule has 0 saturated carbocycles. The number of rotatable bonds is 0. The number of benzene rings is 1. The van der Waals surface area contributed by atoms with Gasteiger partial charge in [0.05, 0.1) is 5.38 Å². The number of halogens is 2. The van der Waals surface area contributed by atoms with Crippen LogP contribution in [0.4, 0.5) is 4.39 Å². The van der Waals surface area contributed by atoms with Gasteiger partial charge in [0.25, 0.3) is 0 Å². The van der Waals surface area contributed by atoms with E-state index in [2.05, 4.69) is 0 Å². The van der Waals surface area contributed by atoms with Crippen molar-refractivity contribution in [2.24, 2.45) is 0 Å². The van der Waals surface area contributed by atoms with Crippen LogP contribution < -0.4 is 0 Å². The fourth-order valence-electron chi connectivity index (χ4n) is 1.71. The van der Waals surface area contributed by atoms with Crippen LogP contribution in [0.1, 0.15) is 29.3 Å². The van der Waals surface area contributed by atoms with Gasteiger partial charge in [0.1, 0.15) is 5.82 Å². The molecule has 0 saturated heterocycles. The van der Waals surface area contributed by atoms with Crippen LogP contribution in [0, 0.1) is 5.82 Å². The van der Waals surface area contributed by atoms with E-state index in [0.717, 1.165) is 24.8 Å². The minimum Gasteiger partial charge on any atom is -0.207 e. The first-order valence-corrected chi connectivity index (χ1v) is 4.63. The Morgan fingerprint density at radius 3 is 3.08 bits per heavy atom. The molecule has 0 unspecified atom stereocenters. The van der Waals surface area contributed by atoms with Crippen molar-refractivity contribution in [3.05, 3.63) is 35.1 Å². The largest absolute Gasteiger partial charge is 0.207 e. The fraction of sp³-hybridized carbons (Fsp3) is 0.400. The Balaban J connectivity index is 2.47. The number of fused-ring (bicyclic) bond motifs is 1. The lowest BCUT2D eigenvalue weighted by atomic mass is 9.91. The third-order valence-electron chi connectivity index (χ3n) is 2.35. The number of hydrogen-bond acceptors (Lipinski definition) is 0. The highest BCUT2D eigenvalue weighted by Gasteiger charge is 2.17. The second kappa shape index (κ2) is 3.06. The average molecular weight is 185 g/mol. The highest BCUT2D eigenvalue weighted by atomic mass is 35.5. The van der Waals surface area contributed by atoms with E-state index in [1.165, 1.54) is 11.6 Å². The van der Waals surface area contributed by atoms with Crippen molar-refractivity contribution in [2.75, 3.05) is 0 Å². The summed E-state index contributed by atoms with van der Waals surface area (Å²) in [6, 6.07) is 4.92. The molecule has 2 rings (SSSR count). The van der Waals surface area contributed by atoms with Gasteiger partial charge in [-0.05, 0) is 42.5 Å². The monoisotopic (exact) mass is 184 g/mol. The smallest absolute Gasteiger partial charge is 0.123 e. The Bertz CT molecular complexity index is 296. The molecule has 0 nitrogen and oxygen atoms in total.